The van der Waals surface area contributed by atoms with E-state index >= 15 is 0 Å². The lowest BCUT2D eigenvalue weighted by molar-refractivity contribution is -0.138. The fraction of sp³-hybridized carbons (Fsp3) is 0.929. The molecule has 2 fully saturated rings. The van der Waals surface area contributed by atoms with Crippen molar-refractivity contribution in [2.75, 3.05) is 13.6 Å². The van der Waals surface area contributed by atoms with Gasteiger partial charge in [-0.15, -0.1) is 0 Å². The molecule has 1 unspecified atom stereocenters. The van der Waals surface area contributed by atoms with Crippen LogP contribution in [0.4, 0.5) is 0 Å². The van der Waals surface area contributed by atoms with E-state index in [4.69, 9.17) is 5.73 Å². The predicted octanol–water partition coefficient (Wildman–Crippen LogP) is 2.01. The van der Waals surface area contributed by atoms with Crippen LogP contribution in [0.2, 0.25) is 0 Å². The third-order valence-corrected chi connectivity index (χ3v) is 5.25. The standard InChI is InChI=1S/C14H26N2O/c1-10(14(2)7-8-14)16(3)13(17)12-6-4-5-11(12)9-15/h10-12H,4-9,15H2,1-3H3/t10?,11-,12-/m1/s1. The van der Waals surface area contributed by atoms with Crippen molar-refractivity contribution in [3.05, 3.63) is 0 Å². The molecule has 98 valence electrons. The van der Waals surface area contributed by atoms with Gasteiger partial charge in [0.25, 0.3) is 0 Å². The first-order chi connectivity index (χ1) is 7.99. The average Bonchev–Trinajstić information content (AvgIpc) is 2.92. The molecule has 3 atom stereocenters. The van der Waals surface area contributed by atoms with Crippen LogP contribution in [0.5, 0.6) is 0 Å². The largest absolute Gasteiger partial charge is 0.342 e. The van der Waals surface area contributed by atoms with Crippen LogP contribution in [-0.2, 0) is 4.79 Å². The van der Waals surface area contributed by atoms with Crippen LogP contribution in [0.1, 0.15) is 46.0 Å². The smallest absolute Gasteiger partial charge is 0.226 e. The van der Waals surface area contributed by atoms with Crippen molar-refractivity contribution in [2.45, 2.75) is 52.0 Å². The lowest BCUT2D eigenvalue weighted by atomic mass is 9.92. The molecule has 1 amide bonds. The van der Waals surface area contributed by atoms with Crippen molar-refractivity contribution in [3.63, 3.8) is 0 Å². The molecule has 2 aliphatic carbocycles. The van der Waals surface area contributed by atoms with Crippen LogP contribution in [-0.4, -0.2) is 30.4 Å². The van der Waals surface area contributed by atoms with Gasteiger partial charge in [-0.2, -0.15) is 0 Å². The molecule has 0 bridgehead atoms. The molecule has 2 saturated carbocycles. The summed E-state index contributed by atoms with van der Waals surface area (Å²) in [4.78, 5) is 14.5. The Labute approximate surface area is 105 Å². The monoisotopic (exact) mass is 238 g/mol. The maximum absolute atomic E-state index is 12.5. The summed E-state index contributed by atoms with van der Waals surface area (Å²) in [5.41, 5.74) is 6.14. The average molecular weight is 238 g/mol. The summed E-state index contributed by atoms with van der Waals surface area (Å²) in [6.45, 7) is 5.14. The zero-order chi connectivity index (χ0) is 12.6. The molecule has 0 radical (unpaired) electrons. The van der Waals surface area contributed by atoms with E-state index in [0.29, 0.717) is 29.8 Å². The maximum Gasteiger partial charge on any atom is 0.226 e. The zero-order valence-electron chi connectivity index (χ0n) is 11.4. The van der Waals surface area contributed by atoms with Gasteiger partial charge in [-0.3, -0.25) is 4.79 Å². The predicted molar refractivity (Wildman–Crippen MR) is 69.5 cm³/mol. The van der Waals surface area contributed by atoms with Crippen molar-refractivity contribution in [3.8, 4) is 0 Å². The van der Waals surface area contributed by atoms with Crippen molar-refractivity contribution in [1.29, 1.82) is 0 Å². The van der Waals surface area contributed by atoms with Crippen LogP contribution >= 0.6 is 0 Å². The highest BCUT2D eigenvalue weighted by atomic mass is 16.2. The minimum Gasteiger partial charge on any atom is -0.342 e. The Bertz CT molecular complexity index is 299. The van der Waals surface area contributed by atoms with Crippen molar-refractivity contribution in [1.82, 2.24) is 4.90 Å². The third-order valence-electron chi connectivity index (χ3n) is 5.25. The summed E-state index contributed by atoms with van der Waals surface area (Å²) < 4.78 is 0. The van der Waals surface area contributed by atoms with Gasteiger partial charge in [-0.05, 0) is 50.5 Å². The van der Waals surface area contributed by atoms with E-state index in [0.717, 1.165) is 19.3 Å². The van der Waals surface area contributed by atoms with Gasteiger partial charge < -0.3 is 10.6 Å². The first kappa shape index (κ1) is 12.9. The van der Waals surface area contributed by atoms with Gasteiger partial charge >= 0.3 is 0 Å². The van der Waals surface area contributed by atoms with E-state index < -0.39 is 0 Å². The molecule has 0 saturated heterocycles. The molecule has 3 nitrogen and oxygen atoms in total. The van der Waals surface area contributed by atoms with E-state index in [9.17, 15) is 4.79 Å². The normalized spacial score (nSPS) is 32.2. The van der Waals surface area contributed by atoms with Gasteiger partial charge in [0, 0.05) is 19.0 Å². The summed E-state index contributed by atoms with van der Waals surface area (Å²) in [6.07, 6.45) is 5.85. The highest BCUT2D eigenvalue weighted by Gasteiger charge is 2.46. The number of hydrogen-bond donors (Lipinski definition) is 1. The molecule has 0 aromatic rings. The van der Waals surface area contributed by atoms with Crippen LogP contribution < -0.4 is 5.73 Å². The minimum atomic E-state index is 0.190. The molecule has 0 aromatic carbocycles. The van der Waals surface area contributed by atoms with Crippen LogP contribution in [0.25, 0.3) is 0 Å². The van der Waals surface area contributed by atoms with E-state index in [1.807, 2.05) is 11.9 Å². The Hall–Kier alpha value is -0.570. The van der Waals surface area contributed by atoms with Crippen molar-refractivity contribution >= 4 is 5.91 Å². The Balaban J connectivity index is 1.99. The molecule has 2 N–H and O–H groups in total. The quantitative estimate of drug-likeness (QED) is 0.814. The fourth-order valence-corrected chi connectivity index (χ4v) is 3.18. The number of hydrogen-bond acceptors (Lipinski definition) is 2. The molecule has 2 aliphatic rings. The maximum atomic E-state index is 12.5. The van der Waals surface area contributed by atoms with E-state index in [2.05, 4.69) is 13.8 Å². The first-order valence-electron chi connectivity index (χ1n) is 6.96. The van der Waals surface area contributed by atoms with Crippen LogP contribution in [0.3, 0.4) is 0 Å². The van der Waals surface area contributed by atoms with Gasteiger partial charge in [-0.1, -0.05) is 13.3 Å². The third kappa shape index (κ3) is 2.35. The number of nitrogens with two attached hydrogens (primary N) is 1. The molecular weight excluding hydrogens is 212 g/mol. The molecular formula is C14H26N2O. The fourth-order valence-electron chi connectivity index (χ4n) is 3.18. The molecule has 0 heterocycles. The number of rotatable bonds is 4. The van der Waals surface area contributed by atoms with Gasteiger partial charge in [0.1, 0.15) is 0 Å². The number of nitrogens with zero attached hydrogens (tertiary/aromatic N) is 1. The minimum absolute atomic E-state index is 0.190. The molecule has 0 spiro atoms. The molecule has 3 heteroatoms. The lowest BCUT2D eigenvalue weighted by Crippen LogP contribution is -2.44. The van der Waals surface area contributed by atoms with E-state index in [-0.39, 0.29) is 5.92 Å². The Morgan fingerprint density at radius 3 is 2.65 bits per heavy atom. The molecule has 0 aliphatic heterocycles. The van der Waals surface area contributed by atoms with Gasteiger partial charge in [0.2, 0.25) is 5.91 Å². The summed E-state index contributed by atoms with van der Waals surface area (Å²) >= 11 is 0. The van der Waals surface area contributed by atoms with Gasteiger partial charge in [0.05, 0.1) is 0 Å². The Kier molecular flexibility index (Phi) is 3.48. The van der Waals surface area contributed by atoms with Crippen molar-refractivity contribution in [2.24, 2.45) is 23.0 Å². The van der Waals surface area contributed by atoms with E-state index in [1.165, 1.54) is 12.8 Å². The second kappa shape index (κ2) is 4.60. The Morgan fingerprint density at radius 1 is 1.47 bits per heavy atom. The van der Waals surface area contributed by atoms with Gasteiger partial charge in [0.15, 0.2) is 0 Å². The highest BCUT2D eigenvalue weighted by molar-refractivity contribution is 5.79. The van der Waals surface area contributed by atoms with E-state index in [1.54, 1.807) is 0 Å². The summed E-state index contributed by atoms with van der Waals surface area (Å²) in [5, 5.41) is 0. The summed E-state index contributed by atoms with van der Waals surface area (Å²) in [5.74, 6) is 0.942. The second-order valence-corrected chi connectivity index (χ2v) is 6.31. The second-order valence-electron chi connectivity index (χ2n) is 6.31. The topological polar surface area (TPSA) is 46.3 Å². The lowest BCUT2D eigenvalue weighted by Gasteiger charge is -2.33. The first-order valence-corrected chi connectivity index (χ1v) is 6.96. The number of amides is 1. The molecule has 17 heavy (non-hydrogen) atoms. The van der Waals surface area contributed by atoms with Crippen LogP contribution in [0.15, 0.2) is 0 Å². The van der Waals surface area contributed by atoms with Crippen LogP contribution in [0, 0.1) is 17.3 Å². The Morgan fingerprint density at radius 2 is 2.12 bits per heavy atom. The zero-order valence-corrected chi connectivity index (χ0v) is 11.4. The SMILES string of the molecule is CC(N(C)C(=O)[C@@H]1CCC[C@@H]1CN)C1(C)CC1. The van der Waals surface area contributed by atoms with Gasteiger partial charge in [-0.25, -0.2) is 0 Å². The summed E-state index contributed by atoms with van der Waals surface area (Å²) in [6, 6.07) is 0.369. The molecule has 0 aromatic heterocycles. The number of carbonyl (C=O) groups is 1. The molecule has 2 rings (SSSR count). The van der Waals surface area contributed by atoms with Crippen molar-refractivity contribution < 1.29 is 4.79 Å². The summed E-state index contributed by atoms with van der Waals surface area (Å²) in [7, 11) is 1.97. The highest BCUT2D eigenvalue weighted by Crippen LogP contribution is 2.50. The number of carbonyl (C=O) groups excluding carboxylic acids is 1.